The van der Waals surface area contributed by atoms with Gasteiger partial charge < -0.3 is 14.6 Å². The van der Waals surface area contributed by atoms with Gasteiger partial charge >= 0.3 is 0 Å². The van der Waals surface area contributed by atoms with Crippen molar-refractivity contribution in [3.05, 3.63) is 48.0 Å². The van der Waals surface area contributed by atoms with Crippen molar-refractivity contribution in [2.24, 2.45) is 5.41 Å². The van der Waals surface area contributed by atoms with Gasteiger partial charge in [-0.2, -0.15) is 0 Å². The van der Waals surface area contributed by atoms with E-state index >= 15 is 0 Å². The molecule has 3 aromatic rings. The minimum Gasteiger partial charge on any atom is -0.391 e. The molecular weight excluding hydrogens is 346 g/mol. The first kappa shape index (κ1) is 17.1. The standard InChI is InChI=1S/C22H24F2N2O/c1-22(7-8-22)13-25-9-6-21(27)20(12-25)26-18-4-2-14(23)10-16(18)17-11-15(24)3-5-19(17)26/h2-5,10-11,20-21,27H,6-9,12-13H2,1H3/t20-,21-/m1/s1. The van der Waals surface area contributed by atoms with Crippen molar-refractivity contribution < 1.29 is 13.9 Å². The van der Waals surface area contributed by atoms with Crippen molar-refractivity contribution in [1.82, 2.24) is 9.47 Å². The minimum atomic E-state index is -0.470. The fourth-order valence-electron chi connectivity index (χ4n) is 4.65. The molecule has 1 aromatic heterocycles. The van der Waals surface area contributed by atoms with Crippen LogP contribution in [-0.2, 0) is 0 Å². The summed E-state index contributed by atoms with van der Waals surface area (Å²) in [6.07, 6.45) is 2.78. The van der Waals surface area contributed by atoms with Gasteiger partial charge in [0, 0.05) is 41.4 Å². The Labute approximate surface area is 157 Å². The van der Waals surface area contributed by atoms with E-state index in [4.69, 9.17) is 0 Å². The van der Waals surface area contributed by atoms with Gasteiger partial charge in [-0.3, -0.25) is 0 Å². The molecule has 3 nitrogen and oxygen atoms in total. The molecule has 0 spiro atoms. The SMILES string of the molecule is CC1(CN2CC[C@@H](O)[C@H](n3c4ccc(F)cc4c4cc(F)ccc43)C2)CC1. The van der Waals surface area contributed by atoms with Crippen LogP contribution < -0.4 is 0 Å². The Kier molecular flexibility index (Phi) is 3.82. The number of piperidine rings is 1. The number of nitrogens with zero attached hydrogens (tertiary/aromatic N) is 2. The van der Waals surface area contributed by atoms with E-state index in [0.29, 0.717) is 22.6 Å². The van der Waals surface area contributed by atoms with E-state index in [9.17, 15) is 13.9 Å². The molecule has 2 heterocycles. The third-order valence-corrected chi connectivity index (χ3v) is 6.40. The van der Waals surface area contributed by atoms with Gasteiger partial charge in [-0.05, 0) is 61.1 Å². The number of hydrogen-bond donors (Lipinski definition) is 1. The number of likely N-dealkylation sites (tertiary alicyclic amines) is 1. The van der Waals surface area contributed by atoms with Crippen molar-refractivity contribution in [1.29, 1.82) is 0 Å². The van der Waals surface area contributed by atoms with Gasteiger partial charge in [0.05, 0.1) is 12.1 Å². The Morgan fingerprint density at radius 2 is 1.63 bits per heavy atom. The number of aliphatic hydroxyl groups excluding tert-OH is 1. The molecule has 5 heteroatoms. The van der Waals surface area contributed by atoms with Crippen molar-refractivity contribution in [2.75, 3.05) is 19.6 Å². The van der Waals surface area contributed by atoms with Crippen LogP contribution in [0.4, 0.5) is 8.78 Å². The lowest BCUT2D eigenvalue weighted by Crippen LogP contribution is -2.45. The van der Waals surface area contributed by atoms with E-state index in [-0.39, 0.29) is 17.7 Å². The summed E-state index contributed by atoms with van der Waals surface area (Å²) >= 11 is 0. The van der Waals surface area contributed by atoms with Crippen LogP contribution >= 0.6 is 0 Å². The maximum Gasteiger partial charge on any atom is 0.123 e. The average Bonchev–Trinajstić information content (AvgIpc) is 3.28. The van der Waals surface area contributed by atoms with Crippen LogP contribution in [0.2, 0.25) is 0 Å². The Bertz CT molecular complexity index is 965. The molecule has 1 saturated carbocycles. The predicted molar refractivity (Wildman–Crippen MR) is 103 cm³/mol. The molecule has 5 rings (SSSR count). The smallest absolute Gasteiger partial charge is 0.123 e. The number of rotatable bonds is 3. The number of fused-ring (bicyclic) bond motifs is 3. The highest BCUT2D eigenvalue weighted by atomic mass is 19.1. The molecule has 0 amide bonds. The lowest BCUT2D eigenvalue weighted by molar-refractivity contribution is 0.0294. The third kappa shape index (κ3) is 2.93. The molecule has 1 N–H and O–H groups in total. The monoisotopic (exact) mass is 370 g/mol. The predicted octanol–water partition coefficient (Wildman–Crippen LogP) is 4.48. The summed E-state index contributed by atoms with van der Waals surface area (Å²) < 4.78 is 29.9. The lowest BCUT2D eigenvalue weighted by atomic mass is 9.99. The van der Waals surface area contributed by atoms with Crippen molar-refractivity contribution in [2.45, 2.75) is 38.3 Å². The highest BCUT2D eigenvalue weighted by Crippen LogP contribution is 2.46. The molecule has 27 heavy (non-hydrogen) atoms. The molecule has 2 atom stereocenters. The number of aliphatic hydroxyl groups is 1. The van der Waals surface area contributed by atoms with Gasteiger partial charge in [-0.25, -0.2) is 8.78 Å². The number of benzene rings is 2. The van der Waals surface area contributed by atoms with Crippen LogP contribution in [0.5, 0.6) is 0 Å². The Morgan fingerprint density at radius 1 is 1.04 bits per heavy atom. The van der Waals surface area contributed by atoms with E-state index in [1.165, 1.54) is 37.1 Å². The lowest BCUT2D eigenvalue weighted by Gasteiger charge is -2.39. The zero-order chi connectivity index (χ0) is 18.8. The van der Waals surface area contributed by atoms with Crippen LogP contribution in [0.25, 0.3) is 21.8 Å². The van der Waals surface area contributed by atoms with Crippen LogP contribution in [0.3, 0.4) is 0 Å². The number of hydrogen-bond acceptors (Lipinski definition) is 2. The molecule has 0 radical (unpaired) electrons. The van der Waals surface area contributed by atoms with Gasteiger partial charge in [0.2, 0.25) is 0 Å². The Balaban J connectivity index is 1.63. The molecule has 2 aliphatic rings. The van der Waals surface area contributed by atoms with Crippen LogP contribution in [-0.4, -0.2) is 40.3 Å². The number of aromatic nitrogens is 1. The first-order chi connectivity index (χ1) is 12.9. The van der Waals surface area contributed by atoms with Crippen molar-refractivity contribution in [3.63, 3.8) is 0 Å². The van der Waals surface area contributed by atoms with E-state index < -0.39 is 6.10 Å². The fraction of sp³-hybridized carbons (Fsp3) is 0.455. The van der Waals surface area contributed by atoms with Gasteiger partial charge in [0.1, 0.15) is 11.6 Å². The largest absolute Gasteiger partial charge is 0.391 e. The molecule has 0 unspecified atom stereocenters. The topological polar surface area (TPSA) is 28.4 Å². The van der Waals surface area contributed by atoms with Gasteiger partial charge in [0.25, 0.3) is 0 Å². The molecule has 0 bridgehead atoms. The second-order valence-corrected chi connectivity index (χ2v) is 8.66. The summed E-state index contributed by atoms with van der Waals surface area (Å²) in [5.41, 5.74) is 2.11. The maximum atomic E-state index is 13.9. The van der Waals surface area contributed by atoms with E-state index in [0.717, 1.165) is 30.7 Å². The molecule has 1 aliphatic carbocycles. The van der Waals surface area contributed by atoms with Gasteiger partial charge in [-0.15, -0.1) is 0 Å². The zero-order valence-electron chi connectivity index (χ0n) is 15.5. The summed E-state index contributed by atoms with van der Waals surface area (Å²) in [5, 5.41) is 12.2. The highest BCUT2D eigenvalue weighted by Gasteiger charge is 2.41. The first-order valence-corrected chi connectivity index (χ1v) is 9.73. The minimum absolute atomic E-state index is 0.128. The molecule has 1 saturated heterocycles. The van der Waals surface area contributed by atoms with Crippen LogP contribution in [0, 0.1) is 17.0 Å². The molecule has 142 valence electrons. The molecule has 2 fully saturated rings. The Morgan fingerprint density at radius 3 is 2.19 bits per heavy atom. The maximum absolute atomic E-state index is 13.9. The second kappa shape index (κ2) is 6.01. The molecular formula is C22H24F2N2O. The average molecular weight is 370 g/mol. The third-order valence-electron chi connectivity index (χ3n) is 6.40. The van der Waals surface area contributed by atoms with Gasteiger partial charge in [0.15, 0.2) is 0 Å². The van der Waals surface area contributed by atoms with Crippen molar-refractivity contribution >= 4 is 21.8 Å². The summed E-state index contributed by atoms with van der Waals surface area (Å²) in [5.74, 6) is -0.670. The molecule has 1 aliphatic heterocycles. The van der Waals surface area contributed by atoms with Crippen LogP contribution in [0.15, 0.2) is 36.4 Å². The van der Waals surface area contributed by atoms with E-state index in [2.05, 4.69) is 16.4 Å². The van der Waals surface area contributed by atoms with Crippen LogP contribution in [0.1, 0.15) is 32.2 Å². The van der Waals surface area contributed by atoms with Gasteiger partial charge in [-0.1, -0.05) is 6.92 Å². The van der Waals surface area contributed by atoms with E-state index in [1.807, 2.05) is 0 Å². The van der Waals surface area contributed by atoms with E-state index in [1.54, 1.807) is 12.1 Å². The summed E-state index contributed by atoms with van der Waals surface area (Å²) in [4.78, 5) is 2.44. The van der Waals surface area contributed by atoms with Crippen molar-refractivity contribution in [3.8, 4) is 0 Å². The summed E-state index contributed by atoms with van der Waals surface area (Å²) in [6.45, 7) is 5.02. The number of halogens is 2. The summed E-state index contributed by atoms with van der Waals surface area (Å²) in [7, 11) is 0. The second-order valence-electron chi connectivity index (χ2n) is 8.66. The normalized spacial score (nSPS) is 25.3. The highest BCUT2D eigenvalue weighted by molar-refractivity contribution is 6.08. The zero-order valence-corrected chi connectivity index (χ0v) is 15.5. The molecule has 2 aromatic carbocycles. The Hall–Kier alpha value is -1.98. The fourth-order valence-corrected chi connectivity index (χ4v) is 4.65. The quantitative estimate of drug-likeness (QED) is 0.736. The first-order valence-electron chi connectivity index (χ1n) is 9.73. The summed E-state index contributed by atoms with van der Waals surface area (Å²) in [6, 6.07) is 9.17.